The van der Waals surface area contributed by atoms with Crippen LogP contribution < -0.4 is 4.74 Å². The van der Waals surface area contributed by atoms with Gasteiger partial charge in [0.15, 0.2) is 11.5 Å². The Hall–Kier alpha value is -2.96. The van der Waals surface area contributed by atoms with Crippen molar-refractivity contribution in [3.8, 4) is 5.88 Å². The molecule has 0 unspecified atom stereocenters. The molecule has 0 aliphatic carbocycles. The Morgan fingerprint density at radius 2 is 2.24 bits per heavy atom. The molecule has 0 fully saturated rings. The molecule has 128 valence electrons. The van der Waals surface area contributed by atoms with Gasteiger partial charge < -0.3 is 14.6 Å². The number of rotatable bonds is 2. The molecule has 1 aliphatic rings. The lowest BCUT2D eigenvalue weighted by atomic mass is 9.98. The summed E-state index contributed by atoms with van der Waals surface area (Å²) in [6, 6.07) is 5.72. The van der Waals surface area contributed by atoms with E-state index in [2.05, 4.69) is 19.9 Å². The summed E-state index contributed by atoms with van der Waals surface area (Å²) in [7, 11) is 1.56. The first-order valence-electron chi connectivity index (χ1n) is 8.24. The Bertz CT molecular complexity index is 965. The molecule has 0 bridgehead atoms. The van der Waals surface area contributed by atoms with Crippen LogP contribution in [0.5, 0.6) is 5.88 Å². The van der Waals surface area contributed by atoms with Gasteiger partial charge in [-0.15, -0.1) is 0 Å². The average Bonchev–Trinajstić information content (AvgIpc) is 3.06. The van der Waals surface area contributed by atoms with E-state index < -0.39 is 0 Å². The van der Waals surface area contributed by atoms with Crippen molar-refractivity contribution < 1.29 is 9.53 Å². The molecule has 0 saturated carbocycles. The van der Waals surface area contributed by atoms with Gasteiger partial charge in [-0.1, -0.05) is 6.07 Å². The Morgan fingerprint density at radius 1 is 1.40 bits per heavy atom. The molecule has 1 aliphatic heterocycles. The highest BCUT2D eigenvalue weighted by Crippen LogP contribution is 2.29. The molecule has 4 rings (SSSR count). The van der Waals surface area contributed by atoms with Crippen molar-refractivity contribution in [3.63, 3.8) is 0 Å². The molecular formula is C18H19N5O2. The SMILES string of the molecule is COc1cc(C)c2[nH]c(C(=O)N3CCc4ncccc4[C@H]3C)nc2n1. The van der Waals surface area contributed by atoms with Crippen molar-refractivity contribution in [3.05, 3.63) is 47.0 Å². The molecule has 0 saturated heterocycles. The fourth-order valence-electron chi connectivity index (χ4n) is 3.36. The first kappa shape index (κ1) is 15.6. The maximum absolute atomic E-state index is 13.0. The van der Waals surface area contributed by atoms with Crippen molar-refractivity contribution in [2.24, 2.45) is 0 Å². The number of fused-ring (bicyclic) bond motifs is 2. The van der Waals surface area contributed by atoms with E-state index >= 15 is 0 Å². The molecule has 7 nitrogen and oxygen atoms in total. The number of carbonyl (C=O) groups is 1. The number of carbonyl (C=O) groups excluding carboxylic acids is 1. The quantitative estimate of drug-likeness (QED) is 0.776. The van der Waals surface area contributed by atoms with Crippen LogP contribution >= 0.6 is 0 Å². The van der Waals surface area contributed by atoms with Crippen LogP contribution in [0.2, 0.25) is 0 Å². The standard InChI is InChI=1S/C18H19N5O2/c1-10-9-14(25-3)20-16-15(10)21-17(22-16)18(24)23-8-6-13-12(11(23)2)5-4-7-19-13/h4-5,7,9,11H,6,8H2,1-3H3,(H,20,21,22)/t11-/m1/s1. The van der Waals surface area contributed by atoms with Crippen LogP contribution in [0.15, 0.2) is 24.4 Å². The molecule has 4 heterocycles. The lowest BCUT2D eigenvalue weighted by Gasteiger charge is -2.34. The van der Waals surface area contributed by atoms with Gasteiger partial charge >= 0.3 is 0 Å². The van der Waals surface area contributed by atoms with E-state index in [1.54, 1.807) is 13.3 Å². The van der Waals surface area contributed by atoms with E-state index in [0.717, 1.165) is 28.8 Å². The summed E-state index contributed by atoms with van der Waals surface area (Å²) in [6.07, 6.45) is 2.54. The Kier molecular flexibility index (Phi) is 3.63. The molecule has 3 aromatic heterocycles. The minimum Gasteiger partial charge on any atom is -0.481 e. The van der Waals surface area contributed by atoms with Gasteiger partial charge in [-0.05, 0) is 31.0 Å². The number of pyridine rings is 2. The second-order valence-corrected chi connectivity index (χ2v) is 6.23. The van der Waals surface area contributed by atoms with Gasteiger partial charge in [0.05, 0.1) is 18.7 Å². The molecule has 0 radical (unpaired) electrons. The zero-order valence-corrected chi connectivity index (χ0v) is 14.4. The van der Waals surface area contributed by atoms with Gasteiger partial charge in [0.25, 0.3) is 5.91 Å². The van der Waals surface area contributed by atoms with Crippen LogP contribution in [0.25, 0.3) is 11.2 Å². The summed E-state index contributed by atoms with van der Waals surface area (Å²) in [4.78, 5) is 31.1. The summed E-state index contributed by atoms with van der Waals surface area (Å²) in [5.74, 6) is 0.665. The summed E-state index contributed by atoms with van der Waals surface area (Å²) in [5.41, 5.74) is 4.34. The second-order valence-electron chi connectivity index (χ2n) is 6.23. The van der Waals surface area contributed by atoms with Crippen molar-refractivity contribution in [1.82, 2.24) is 24.8 Å². The molecule has 1 N–H and O–H groups in total. The van der Waals surface area contributed by atoms with Crippen LogP contribution in [0.4, 0.5) is 0 Å². The number of hydrogen-bond donors (Lipinski definition) is 1. The van der Waals surface area contributed by atoms with E-state index in [9.17, 15) is 4.79 Å². The number of ether oxygens (including phenoxy) is 1. The zero-order valence-electron chi connectivity index (χ0n) is 14.4. The molecule has 3 aromatic rings. The monoisotopic (exact) mass is 337 g/mol. The number of methoxy groups -OCH3 is 1. The Morgan fingerprint density at radius 3 is 3.04 bits per heavy atom. The van der Waals surface area contributed by atoms with Gasteiger partial charge in [-0.2, -0.15) is 4.98 Å². The summed E-state index contributed by atoms with van der Waals surface area (Å²) >= 11 is 0. The molecule has 7 heteroatoms. The van der Waals surface area contributed by atoms with Crippen molar-refractivity contribution >= 4 is 17.1 Å². The van der Waals surface area contributed by atoms with Gasteiger partial charge in [0, 0.05) is 30.9 Å². The van der Waals surface area contributed by atoms with Crippen LogP contribution in [0, 0.1) is 6.92 Å². The van der Waals surface area contributed by atoms with E-state index in [4.69, 9.17) is 4.74 Å². The third-order valence-corrected chi connectivity index (χ3v) is 4.74. The van der Waals surface area contributed by atoms with Crippen molar-refractivity contribution in [2.75, 3.05) is 13.7 Å². The largest absolute Gasteiger partial charge is 0.481 e. The topological polar surface area (TPSA) is 84.0 Å². The number of aromatic amines is 1. The minimum atomic E-state index is -0.127. The second kappa shape index (κ2) is 5.84. The number of aryl methyl sites for hydroxylation is 1. The molecule has 0 spiro atoms. The van der Waals surface area contributed by atoms with Crippen molar-refractivity contribution in [2.45, 2.75) is 26.3 Å². The summed E-state index contributed by atoms with van der Waals surface area (Å²) < 4.78 is 5.18. The van der Waals surface area contributed by atoms with Crippen LogP contribution in [0.3, 0.4) is 0 Å². The molecule has 1 amide bonds. The Balaban J connectivity index is 1.70. The number of hydrogen-bond acceptors (Lipinski definition) is 5. The molecule has 0 aromatic carbocycles. The Labute approximate surface area is 145 Å². The predicted octanol–water partition coefficient (Wildman–Crippen LogP) is 2.43. The first-order chi connectivity index (χ1) is 12.1. The van der Waals surface area contributed by atoms with Gasteiger partial charge in [0.2, 0.25) is 5.88 Å². The van der Waals surface area contributed by atoms with E-state index in [-0.39, 0.29) is 11.9 Å². The number of aromatic nitrogens is 4. The fraction of sp³-hybridized carbons (Fsp3) is 0.333. The maximum Gasteiger partial charge on any atom is 0.290 e. The number of H-pyrrole nitrogens is 1. The summed E-state index contributed by atoms with van der Waals surface area (Å²) in [6.45, 7) is 4.58. The molecular weight excluding hydrogens is 318 g/mol. The van der Waals surface area contributed by atoms with Crippen LogP contribution in [-0.2, 0) is 6.42 Å². The lowest BCUT2D eigenvalue weighted by Crippen LogP contribution is -2.39. The van der Waals surface area contributed by atoms with Gasteiger partial charge in [0.1, 0.15) is 0 Å². The highest BCUT2D eigenvalue weighted by Gasteiger charge is 2.30. The van der Waals surface area contributed by atoms with E-state index in [1.165, 1.54) is 0 Å². The van der Waals surface area contributed by atoms with Crippen molar-refractivity contribution in [1.29, 1.82) is 0 Å². The smallest absolute Gasteiger partial charge is 0.290 e. The third-order valence-electron chi connectivity index (χ3n) is 4.74. The highest BCUT2D eigenvalue weighted by molar-refractivity contribution is 5.94. The first-order valence-corrected chi connectivity index (χ1v) is 8.24. The van der Waals surface area contributed by atoms with Gasteiger partial charge in [-0.3, -0.25) is 9.78 Å². The normalized spacial score (nSPS) is 16.8. The number of nitrogens with zero attached hydrogens (tertiary/aromatic N) is 4. The minimum absolute atomic E-state index is 0.0400. The molecule has 25 heavy (non-hydrogen) atoms. The number of nitrogens with one attached hydrogen (secondary N) is 1. The zero-order chi connectivity index (χ0) is 17.6. The average molecular weight is 337 g/mol. The lowest BCUT2D eigenvalue weighted by molar-refractivity contribution is 0.0665. The van der Waals surface area contributed by atoms with E-state index in [1.807, 2.05) is 36.9 Å². The molecule has 1 atom stereocenters. The van der Waals surface area contributed by atoms with Crippen LogP contribution in [0.1, 0.15) is 40.4 Å². The predicted molar refractivity (Wildman–Crippen MR) is 92.6 cm³/mol. The van der Waals surface area contributed by atoms with E-state index in [0.29, 0.717) is 23.9 Å². The number of imidazole rings is 1. The fourth-order valence-corrected chi connectivity index (χ4v) is 3.36. The third kappa shape index (κ3) is 2.52. The maximum atomic E-state index is 13.0. The number of amides is 1. The van der Waals surface area contributed by atoms with Gasteiger partial charge in [-0.25, -0.2) is 4.98 Å². The highest BCUT2D eigenvalue weighted by atomic mass is 16.5. The summed E-state index contributed by atoms with van der Waals surface area (Å²) in [5, 5.41) is 0. The van der Waals surface area contributed by atoms with Crippen LogP contribution in [-0.4, -0.2) is 44.4 Å².